The van der Waals surface area contributed by atoms with E-state index in [9.17, 15) is 4.79 Å². The molecule has 5 heteroatoms. The maximum absolute atomic E-state index is 12.6. The van der Waals surface area contributed by atoms with Crippen LogP contribution in [-0.2, 0) is 12.8 Å². The van der Waals surface area contributed by atoms with E-state index in [2.05, 4.69) is 33.4 Å². The summed E-state index contributed by atoms with van der Waals surface area (Å²) in [6, 6.07) is 20.1. The van der Waals surface area contributed by atoms with Crippen molar-refractivity contribution in [3.05, 3.63) is 83.7 Å². The molecule has 3 aromatic rings. The quantitative estimate of drug-likeness (QED) is 0.715. The smallest absolute Gasteiger partial charge is 0.269 e. The second-order valence-electron chi connectivity index (χ2n) is 6.79. The molecule has 1 N–H and O–H groups in total. The highest BCUT2D eigenvalue weighted by Crippen LogP contribution is 2.34. The summed E-state index contributed by atoms with van der Waals surface area (Å²) in [7, 11) is 1.65. The van der Waals surface area contributed by atoms with Crippen LogP contribution >= 0.6 is 0 Å². The lowest BCUT2D eigenvalue weighted by Crippen LogP contribution is -2.27. The van der Waals surface area contributed by atoms with Gasteiger partial charge in [0.2, 0.25) is 0 Å². The number of carbonyl (C=O) groups excluding carboxylic acids is 1. The highest BCUT2D eigenvalue weighted by Gasteiger charge is 2.20. The van der Waals surface area contributed by atoms with Crippen molar-refractivity contribution in [2.45, 2.75) is 12.8 Å². The molecule has 0 radical (unpaired) electrons. The molecule has 28 heavy (non-hydrogen) atoms. The molecule has 0 unspecified atom stereocenters. The first-order chi connectivity index (χ1) is 13.7. The van der Waals surface area contributed by atoms with Crippen LogP contribution < -0.4 is 15.0 Å². The Labute approximate surface area is 165 Å². The van der Waals surface area contributed by atoms with E-state index in [1.54, 1.807) is 13.3 Å². The first-order valence-corrected chi connectivity index (χ1v) is 9.47. The summed E-state index contributed by atoms with van der Waals surface area (Å²) in [6.07, 6.45) is 3.45. The van der Waals surface area contributed by atoms with Crippen molar-refractivity contribution >= 4 is 17.3 Å². The van der Waals surface area contributed by atoms with Gasteiger partial charge >= 0.3 is 0 Å². The summed E-state index contributed by atoms with van der Waals surface area (Å²) in [4.78, 5) is 19.1. The average molecular weight is 373 g/mol. The van der Waals surface area contributed by atoms with Gasteiger partial charge in [-0.25, -0.2) is 0 Å². The maximum atomic E-state index is 12.6. The standard InChI is InChI=1S/C23H23N3O2/c1-28-20-7-4-5-17(15-20)9-12-25-23(27)21-16-19(10-13-24-21)26-14-11-18-6-2-3-8-22(18)26/h2-8,10,13,15-16H,9,11-12,14H2,1H3,(H,25,27). The van der Waals surface area contributed by atoms with Crippen LogP contribution in [0.25, 0.3) is 0 Å². The molecule has 0 spiro atoms. The van der Waals surface area contributed by atoms with Gasteiger partial charge in [0.05, 0.1) is 7.11 Å². The van der Waals surface area contributed by atoms with Gasteiger partial charge in [0.1, 0.15) is 11.4 Å². The van der Waals surface area contributed by atoms with Crippen LogP contribution in [0.5, 0.6) is 5.75 Å². The molecule has 0 saturated heterocycles. The number of para-hydroxylation sites is 1. The van der Waals surface area contributed by atoms with Gasteiger partial charge in [-0.3, -0.25) is 9.78 Å². The summed E-state index contributed by atoms with van der Waals surface area (Å²) in [5.74, 6) is 0.668. The number of anilines is 2. The number of rotatable bonds is 6. The molecule has 1 aromatic heterocycles. The van der Waals surface area contributed by atoms with E-state index in [4.69, 9.17) is 4.74 Å². The number of hydrogen-bond acceptors (Lipinski definition) is 4. The number of carbonyl (C=O) groups is 1. The van der Waals surface area contributed by atoms with Crippen LogP contribution in [0, 0.1) is 0 Å². The monoisotopic (exact) mass is 373 g/mol. The number of aromatic nitrogens is 1. The molecule has 2 heterocycles. The molecule has 142 valence electrons. The number of pyridine rings is 1. The predicted octanol–water partition coefficient (Wildman–Crippen LogP) is 3.76. The van der Waals surface area contributed by atoms with Gasteiger partial charge in [-0.1, -0.05) is 30.3 Å². The van der Waals surface area contributed by atoms with E-state index in [0.29, 0.717) is 12.2 Å². The molecule has 1 aliphatic rings. The van der Waals surface area contributed by atoms with Gasteiger partial charge < -0.3 is 15.0 Å². The Morgan fingerprint density at radius 3 is 2.93 bits per heavy atom. The number of methoxy groups -OCH3 is 1. The summed E-state index contributed by atoms with van der Waals surface area (Å²) in [5, 5.41) is 2.96. The van der Waals surface area contributed by atoms with Crippen LogP contribution in [0.3, 0.4) is 0 Å². The fourth-order valence-electron chi connectivity index (χ4n) is 3.56. The second-order valence-corrected chi connectivity index (χ2v) is 6.79. The number of fused-ring (bicyclic) bond motifs is 1. The number of hydrogen-bond donors (Lipinski definition) is 1. The first kappa shape index (κ1) is 18.0. The van der Waals surface area contributed by atoms with E-state index >= 15 is 0 Å². The van der Waals surface area contributed by atoms with E-state index in [1.807, 2.05) is 42.5 Å². The molecule has 0 fully saturated rings. The fraction of sp³-hybridized carbons (Fsp3) is 0.217. The lowest BCUT2D eigenvalue weighted by atomic mass is 10.1. The zero-order valence-electron chi connectivity index (χ0n) is 15.9. The molecule has 4 rings (SSSR count). The molecule has 2 aromatic carbocycles. The number of benzene rings is 2. The Kier molecular flexibility index (Phi) is 5.24. The SMILES string of the molecule is COc1cccc(CCNC(=O)c2cc(N3CCc4ccccc43)ccn2)c1. The van der Waals surface area contributed by atoms with Crippen molar-refractivity contribution in [1.82, 2.24) is 10.3 Å². The molecular formula is C23H23N3O2. The van der Waals surface area contributed by atoms with Crippen LogP contribution in [0.4, 0.5) is 11.4 Å². The summed E-state index contributed by atoms with van der Waals surface area (Å²) < 4.78 is 5.24. The van der Waals surface area contributed by atoms with E-state index < -0.39 is 0 Å². The summed E-state index contributed by atoms with van der Waals surface area (Å²) in [6.45, 7) is 1.46. The van der Waals surface area contributed by atoms with Crippen molar-refractivity contribution in [1.29, 1.82) is 0 Å². The minimum atomic E-state index is -0.155. The summed E-state index contributed by atoms with van der Waals surface area (Å²) >= 11 is 0. The third-order valence-corrected chi connectivity index (χ3v) is 5.01. The lowest BCUT2D eigenvalue weighted by Gasteiger charge is -2.19. The first-order valence-electron chi connectivity index (χ1n) is 9.47. The van der Waals surface area contributed by atoms with E-state index in [0.717, 1.165) is 36.4 Å². The fourth-order valence-corrected chi connectivity index (χ4v) is 3.56. The largest absolute Gasteiger partial charge is 0.497 e. The Morgan fingerprint density at radius 2 is 2.04 bits per heavy atom. The zero-order chi connectivity index (χ0) is 19.3. The minimum absolute atomic E-state index is 0.155. The van der Waals surface area contributed by atoms with Gasteiger partial charge in [0.25, 0.3) is 5.91 Å². The molecular weight excluding hydrogens is 350 g/mol. The van der Waals surface area contributed by atoms with Crippen molar-refractivity contribution in [2.75, 3.05) is 25.1 Å². The van der Waals surface area contributed by atoms with Crippen molar-refractivity contribution < 1.29 is 9.53 Å². The molecule has 0 atom stereocenters. The van der Waals surface area contributed by atoms with Crippen molar-refractivity contribution in [3.63, 3.8) is 0 Å². The average Bonchev–Trinajstić information content (AvgIpc) is 3.18. The van der Waals surface area contributed by atoms with Gasteiger partial charge in [0.15, 0.2) is 0 Å². The Balaban J connectivity index is 1.41. The Morgan fingerprint density at radius 1 is 1.14 bits per heavy atom. The van der Waals surface area contributed by atoms with Crippen LogP contribution in [-0.4, -0.2) is 31.1 Å². The van der Waals surface area contributed by atoms with Gasteiger partial charge in [0, 0.05) is 30.7 Å². The summed E-state index contributed by atoms with van der Waals surface area (Å²) in [5.41, 5.74) is 5.10. The topological polar surface area (TPSA) is 54.5 Å². The Hall–Kier alpha value is -3.34. The number of nitrogens with one attached hydrogen (secondary N) is 1. The molecule has 0 bridgehead atoms. The number of ether oxygens (including phenoxy) is 1. The zero-order valence-corrected chi connectivity index (χ0v) is 15.9. The highest BCUT2D eigenvalue weighted by atomic mass is 16.5. The lowest BCUT2D eigenvalue weighted by molar-refractivity contribution is 0.0949. The third-order valence-electron chi connectivity index (χ3n) is 5.01. The molecule has 5 nitrogen and oxygen atoms in total. The van der Waals surface area contributed by atoms with Gasteiger partial charge in [-0.15, -0.1) is 0 Å². The van der Waals surface area contributed by atoms with Crippen LogP contribution in [0.15, 0.2) is 66.9 Å². The van der Waals surface area contributed by atoms with Crippen molar-refractivity contribution in [3.8, 4) is 5.75 Å². The molecule has 0 aliphatic carbocycles. The maximum Gasteiger partial charge on any atom is 0.269 e. The molecule has 0 saturated carbocycles. The van der Waals surface area contributed by atoms with Crippen LogP contribution in [0.1, 0.15) is 21.6 Å². The van der Waals surface area contributed by atoms with Gasteiger partial charge in [-0.05, 0) is 54.3 Å². The highest BCUT2D eigenvalue weighted by molar-refractivity contribution is 5.93. The minimum Gasteiger partial charge on any atom is -0.497 e. The van der Waals surface area contributed by atoms with Crippen LogP contribution in [0.2, 0.25) is 0 Å². The number of nitrogens with zero attached hydrogens (tertiary/aromatic N) is 2. The molecule has 1 aliphatic heterocycles. The third kappa shape index (κ3) is 3.83. The van der Waals surface area contributed by atoms with E-state index in [-0.39, 0.29) is 5.91 Å². The normalized spacial score (nSPS) is 12.5. The Bertz CT molecular complexity index is 987. The second kappa shape index (κ2) is 8.13. The molecule has 1 amide bonds. The number of amides is 1. The van der Waals surface area contributed by atoms with E-state index in [1.165, 1.54) is 11.3 Å². The van der Waals surface area contributed by atoms with Crippen molar-refractivity contribution in [2.24, 2.45) is 0 Å². The van der Waals surface area contributed by atoms with Gasteiger partial charge in [-0.2, -0.15) is 0 Å². The predicted molar refractivity (Wildman–Crippen MR) is 110 cm³/mol.